The summed E-state index contributed by atoms with van der Waals surface area (Å²) >= 11 is 3.44. The first-order valence-electron chi connectivity index (χ1n) is 7.19. The van der Waals surface area contributed by atoms with Gasteiger partial charge in [0.1, 0.15) is 6.04 Å². The fourth-order valence-electron chi connectivity index (χ4n) is 2.61. The zero-order chi connectivity index (χ0) is 16.5. The molecule has 1 amide bonds. The summed E-state index contributed by atoms with van der Waals surface area (Å²) in [7, 11) is -1.31. The first kappa shape index (κ1) is 17.3. The topological polar surface area (TPSA) is 66.5 Å². The molecule has 1 aliphatic rings. The van der Waals surface area contributed by atoms with Crippen molar-refractivity contribution in [3.63, 3.8) is 0 Å². The Bertz CT molecular complexity index is 675. The standard InChI is InChI=1S/C15H21BrN2O3S/c1-10-8-12(4-5-14(10)16)17-11(2)15(19)18(3)13-6-7-22(20,21)9-13/h4-5,8,11,13,17H,6-7,9H2,1-3H3. The molecular weight excluding hydrogens is 368 g/mol. The van der Waals surface area contributed by atoms with Crippen LogP contribution in [0.2, 0.25) is 0 Å². The maximum Gasteiger partial charge on any atom is 0.244 e. The molecule has 122 valence electrons. The van der Waals surface area contributed by atoms with Crippen LogP contribution < -0.4 is 5.32 Å². The Morgan fingerprint density at radius 2 is 2.14 bits per heavy atom. The molecule has 1 aliphatic heterocycles. The van der Waals surface area contributed by atoms with Gasteiger partial charge in [0, 0.05) is 23.2 Å². The first-order valence-corrected chi connectivity index (χ1v) is 9.81. The Balaban J connectivity index is 2.01. The van der Waals surface area contributed by atoms with Crippen LogP contribution in [-0.2, 0) is 14.6 Å². The Labute approximate surface area is 140 Å². The summed E-state index contributed by atoms with van der Waals surface area (Å²) in [6, 6.07) is 5.18. The number of nitrogens with one attached hydrogen (secondary N) is 1. The second-order valence-electron chi connectivity index (χ2n) is 5.84. The van der Waals surface area contributed by atoms with Gasteiger partial charge >= 0.3 is 0 Å². The molecule has 7 heteroatoms. The van der Waals surface area contributed by atoms with E-state index in [0.29, 0.717) is 6.42 Å². The van der Waals surface area contributed by atoms with E-state index in [1.807, 2.05) is 25.1 Å². The van der Waals surface area contributed by atoms with Crippen LogP contribution in [0.5, 0.6) is 0 Å². The van der Waals surface area contributed by atoms with E-state index in [-0.39, 0.29) is 23.5 Å². The number of hydrogen-bond donors (Lipinski definition) is 1. The Hall–Kier alpha value is -1.08. The second-order valence-corrected chi connectivity index (χ2v) is 8.92. The van der Waals surface area contributed by atoms with E-state index in [9.17, 15) is 13.2 Å². The molecule has 2 rings (SSSR count). The van der Waals surface area contributed by atoms with Gasteiger partial charge in [-0.2, -0.15) is 0 Å². The first-order chi connectivity index (χ1) is 10.2. The number of carbonyl (C=O) groups is 1. The van der Waals surface area contributed by atoms with Crippen LogP contribution in [0.4, 0.5) is 5.69 Å². The largest absolute Gasteiger partial charge is 0.374 e. The number of nitrogens with zero attached hydrogens (tertiary/aromatic N) is 1. The maximum absolute atomic E-state index is 12.5. The maximum atomic E-state index is 12.5. The van der Waals surface area contributed by atoms with Gasteiger partial charge < -0.3 is 10.2 Å². The van der Waals surface area contributed by atoms with Crippen LogP contribution in [0.1, 0.15) is 18.9 Å². The number of sulfone groups is 1. The molecule has 1 aromatic rings. The minimum absolute atomic E-state index is 0.0688. The van der Waals surface area contributed by atoms with Crippen molar-refractivity contribution in [2.24, 2.45) is 0 Å². The molecule has 1 aromatic carbocycles. The normalized spacial score (nSPS) is 21.4. The quantitative estimate of drug-likeness (QED) is 0.858. The number of halogens is 1. The predicted octanol–water partition coefficient (Wildman–Crippen LogP) is 2.20. The lowest BCUT2D eigenvalue weighted by Gasteiger charge is -2.27. The molecule has 22 heavy (non-hydrogen) atoms. The van der Waals surface area contributed by atoms with Crippen LogP contribution >= 0.6 is 15.9 Å². The number of rotatable bonds is 4. The zero-order valence-corrected chi connectivity index (χ0v) is 15.4. The van der Waals surface area contributed by atoms with Crippen molar-refractivity contribution in [1.82, 2.24) is 4.90 Å². The van der Waals surface area contributed by atoms with E-state index in [1.54, 1.807) is 18.9 Å². The molecule has 2 unspecified atom stereocenters. The highest BCUT2D eigenvalue weighted by atomic mass is 79.9. The fraction of sp³-hybridized carbons (Fsp3) is 0.533. The highest BCUT2D eigenvalue weighted by Crippen LogP contribution is 2.21. The number of hydrogen-bond acceptors (Lipinski definition) is 4. The van der Waals surface area contributed by atoms with Crippen molar-refractivity contribution < 1.29 is 13.2 Å². The van der Waals surface area contributed by atoms with E-state index in [0.717, 1.165) is 15.7 Å². The smallest absolute Gasteiger partial charge is 0.244 e. The summed E-state index contributed by atoms with van der Waals surface area (Å²) < 4.78 is 24.1. The van der Waals surface area contributed by atoms with E-state index < -0.39 is 15.9 Å². The number of carbonyl (C=O) groups excluding carboxylic acids is 1. The number of aryl methyl sites for hydroxylation is 1. The summed E-state index contributed by atoms with van der Waals surface area (Å²) in [5.41, 5.74) is 1.95. The molecule has 0 aliphatic carbocycles. The second kappa shape index (κ2) is 6.58. The number of likely N-dealkylation sites (N-methyl/N-ethyl adjacent to an activating group) is 1. The van der Waals surface area contributed by atoms with Gasteiger partial charge in [0.25, 0.3) is 0 Å². The summed E-state index contributed by atoms with van der Waals surface area (Å²) in [4.78, 5) is 14.0. The van der Waals surface area contributed by atoms with Gasteiger partial charge in [-0.25, -0.2) is 8.42 Å². The van der Waals surface area contributed by atoms with Gasteiger partial charge in [-0.05, 0) is 44.0 Å². The molecule has 0 bridgehead atoms. The van der Waals surface area contributed by atoms with Gasteiger partial charge in [-0.3, -0.25) is 4.79 Å². The van der Waals surface area contributed by atoms with Crippen molar-refractivity contribution >= 4 is 37.4 Å². The van der Waals surface area contributed by atoms with Gasteiger partial charge in [0.2, 0.25) is 5.91 Å². The number of benzene rings is 1. The van der Waals surface area contributed by atoms with Crippen LogP contribution in [-0.4, -0.2) is 49.9 Å². The van der Waals surface area contributed by atoms with Gasteiger partial charge in [0.15, 0.2) is 9.84 Å². The molecular formula is C15H21BrN2O3S. The van der Waals surface area contributed by atoms with E-state index in [2.05, 4.69) is 21.2 Å². The summed E-state index contributed by atoms with van der Waals surface area (Å²) in [5.74, 6) is 0.144. The lowest BCUT2D eigenvalue weighted by Crippen LogP contribution is -2.45. The van der Waals surface area contributed by atoms with Crippen LogP contribution in [0.3, 0.4) is 0 Å². The van der Waals surface area contributed by atoms with Crippen LogP contribution in [0, 0.1) is 6.92 Å². The monoisotopic (exact) mass is 388 g/mol. The van der Waals surface area contributed by atoms with Crippen molar-refractivity contribution in [2.75, 3.05) is 23.9 Å². The predicted molar refractivity (Wildman–Crippen MR) is 91.8 cm³/mol. The van der Waals surface area contributed by atoms with Gasteiger partial charge in [-0.1, -0.05) is 15.9 Å². The van der Waals surface area contributed by atoms with E-state index >= 15 is 0 Å². The minimum atomic E-state index is -2.99. The Kier molecular flexibility index (Phi) is 5.17. The van der Waals surface area contributed by atoms with E-state index in [1.165, 1.54) is 0 Å². The van der Waals surface area contributed by atoms with Crippen molar-refractivity contribution in [3.05, 3.63) is 28.2 Å². The molecule has 1 heterocycles. The molecule has 0 saturated carbocycles. The average molecular weight is 389 g/mol. The minimum Gasteiger partial charge on any atom is -0.374 e. The Morgan fingerprint density at radius 3 is 2.68 bits per heavy atom. The van der Waals surface area contributed by atoms with Crippen molar-refractivity contribution in [1.29, 1.82) is 0 Å². The lowest BCUT2D eigenvalue weighted by molar-refractivity contribution is -0.132. The third kappa shape index (κ3) is 4.01. The average Bonchev–Trinajstić information content (AvgIpc) is 2.81. The van der Waals surface area contributed by atoms with E-state index in [4.69, 9.17) is 0 Å². The molecule has 0 spiro atoms. The highest BCUT2D eigenvalue weighted by Gasteiger charge is 2.34. The molecule has 2 atom stereocenters. The molecule has 0 aromatic heterocycles. The van der Waals surface area contributed by atoms with Gasteiger partial charge in [0.05, 0.1) is 11.5 Å². The molecule has 5 nitrogen and oxygen atoms in total. The van der Waals surface area contributed by atoms with Crippen molar-refractivity contribution in [2.45, 2.75) is 32.4 Å². The van der Waals surface area contributed by atoms with Crippen LogP contribution in [0.15, 0.2) is 22.7 Å². The third-order valence-corrected chi connectivity index (χ3v) is 6.66. The van der Waals surface area contributed by atoms with Crippen LogP contribution in [0.25, 0.3) is 0 Å². The number of amides is 1. The zero-order valence-electron chi connectivity index (χ0n) is 13.0. The summed E-state index contributed by atoms with van der Waals surface area (Å²) in [6.07, 6.45) is 0.523. The van der Waals surface area contributed by atoms with Gasteiger partial charge in [-0.15, -0.1) is 0 Å². The highest BCUT2D eigenvalue weighted by molar-refractivity contribution is 9.10. The summed E-state index contributed by atoms with van der Waals surface area (Å²) in [6.45, 7) is 3.77. The molecule has 1 N–H and O–H groups in total. The molecule has 1 fully saturated rings. The molecule has 1 saturated heterocycles. The van der Waals surface area contributed by atoms with Crippen molar-refractivity contribution in [3.8, 4) is 0 Å². The SMILES string of the molecule is Cc1cc(NC(C)C(=O)N(C)C2CCS(=O)(=O)C2)ccc1Br. The number of anilines is 1. The third-order valence-electron chi connectivity index (χ3n) is 4.02. The Morgan fingerprint density at radius 1 is 1.45 bits per heavy atom. The molecule has 0 radical (unpaired) electrons. The summed E-state index contributed by atoms with van der Waals surface area (Å²) in [5, 5.41) is 3.17. The lowest BCUT2D eigenvalue weighted by atomic mass is 10.1. The fourth-order valence-corrected chi connectivity index (χ4v) is 4.63.